The molecule has 1 heterocycles. The Morgan fingerprint density at radius 3 is 2.72 bits per heavy atom. The van der Waals surface area contributed by atoms with Gasteiger partial charge in [0.05, 0.1) is 22.0 Å². The zero-order valence-electron chi connectivity index (χ0n) is 9.22. The van der Waals surface area contributed by atoms with Crippen LogP contribution >= 0.6 is 50.5 Å². The van der Waals surface area contributed by atoms with Crippen LogP contribution in [0.25, 0.3) is 0 Å². The summed E-state index contributed by atoms with van der Waals surface area (Å²) in [7, 11) is 1.48. The molecule has 0 saturated heterocycles. The summed E-state index contributed by atoms with van der Waals surface area (Å²) in [6.07, 6.45) is 0. The molecule has 1 aromatic carbocycles. The van der Waals surface area contributed by atoms with Crippen molar-refractivity contribution in [3.05, 3.63) is 49.3 Å². The summed E-state index contributed by atoms with van der Waals surface area (Å²) in [4.78, 5) is 0.815. The van der Waals surface area contributed by atoms with Gasteiger partial charge in [0.1, 0.15) is 11.6 Å². The van der Waals surface area contributed by atoms with Gasteiger partial charge in [-0.2, -0.15) is 0 Å². The van der Waals surface area contributed by atoms with Crippen LogP contribution < -0.4 is 4.74 Å². The Bertz CT molecular complexity index is 573. The zero-order chi connectivity index (χ0) is 13.3. The molecule has 0 aliphatic rings. The zero-order valence-corrected chi connectivity index (χ0v) is 13.1. The molecular formula is C12H8BrCl2FOS. The number of halogens is 4. The van der Waals surface area contributed by atoms with E-state index in [2.05, 4.69) is 15.9 Å². The molecule has 96 valence electrons. The summed E-state index contributed by atoms with van der Waals surface area (Å²) in [6.45, 7) is 0. The lowest BCUT2D eigenvalue weighted by molar-refractivity contribution is 0.406. The third-order valence-electron chi connectivity index (χ3n) is 2.42. The van der Waals surface area contributed by atoms with Crippen LogP contribution in [0.4, 0.5) is 4.39 Å². The first-order valence-electron chi connectivity index (χ1n) is 4.94. The first-order chi connectivity index (χ1) is 8.54. The Labute approximate surface area is 127 Å². The summed E-state index contributed by atoms with van der Waals surface area (Å²) in [5.74, 6) is 0.0110. The molecule has 0 fully saturated rings. The maximum atomic E-state index is 13.4. The Kier molecular flexibility index (Phi) is 4.54. The molecule has 1 atom stereocenters. The van der Waals surface area contributed by atoms with Crippen molar-refractivity contribution < 1.29 is 9.13 Å². The van der Waals surface area contributed by atoms with Gasteiger partial charge in [0.15, 0.2) is 0 Å². The second-order valence-corrected chi connectivity index (χ2v) is 6.15. The van der Waals surface area contributed by atoms with Crippen LogP contribution in [0.1, 0.15) is 15.8 Å². The van der Waals surface area contributed by atoms with E-state index in [1.165, 1.54) is 24.5 Å². The minimum absolute atomic E-state index is 0.344. The van der Waals surface area contributed by atoms with Gasteiger partial charge in [-0.3, -0.25) is 0 Å². The van der Waals surface area contributed by atoms with E-state index in [9.17, 15) is 4.39 Å². The largest absolute Gasteiger partial charge is 0.496 e. The van der Waals surface area contributed by atoms with Gasteiger partial charge in [0.25, 0.3) is 0 Å². The fourth-order valence-corrected chi connectivity index (χ4v) is 3.56. The molecule has 0 radical (unpaired) electrons. The highest BCUT2D eigenvalue weighted by molar-refractivity contribution is 9.10. The predicted molar refractivity (Wildman–Crippen MR) is 77.7 cm³/mol. The van der Waals surface area contributed by atoms with E-state index in [4.69, 9.17) is 27.9 Å². The highest BCUT2D eigenvalue weighted by Crippen LogP contribution is 2.42. The van der Waals surface area contributed by atoms with Gasteiger partial charge >= 0.3 is 0 Å². The summed E-state index contributed by atoms with van der Waals surface area (Å²) in [5.41, 5.74) is 0.678. The van der Waals surface area contributed by atoms with Crippen molar-refractivity contribution in [1.29, 1.82) is 0 Å². The van der Waals surface area contributed by atoms with Gasteiger partial charge in [0.2, 0.25) is 0 Å². The lowest BCUT2D eigenvalue weighted by atomic mass is 10.1. The smallest absolute Gasteiger partial charge is 0.141 e. The van der Waals surface area contributed by atoms with Crippen molar-refractivity contribution in [2.24, 2.45) is 0 Å². The average Bonchev–Trinajstić information content (AvgIpc) is 2.77. The summed E-state index contributed by atoms with van der Waals surface area (Å²) < 4.78 is 18.9. The van der Waals surface area contributed by atoms with Crippen LogP contribution in [0.2, 0.25) is 5.02 Å². The number of benzene rings is 1. The van der Waals surface area contributed by atoms with Gasteiger partial charge in [0, 0.05) is 16.5 Å². The van der Waals surface area contributed by atoms with Gasteiger partial charge in [-0.1, -0.05) is 11.6 Å². The quantitative estimate of drug-likeness (QED) is 0.636. The molecule has 0 bridgehead atoms. The first kappa shape index (κ1) is 14.1. The number of hydrogen-bond acceptors (Lipinski definition) is 2. The van der Waals surface area contributed by atoms with Gasteiger partial charge < -0.3 is 4.74 Å². The molecule has 6 heteroatoms. The Balaban J connectivity index is 2.50. The van der Waals surface area contributed by atoms with Crippen molar-refractivity contribution in [2.45, 2.75) is 5.38 Å². The molecule has 1 nitrogen and oxygen atoms in total. The molecule has 0 aliphatic heterocycles. The third kappa shape index (κ3) is 2.67. The fourth-order valence-electron chi connectivity index (χ4n) is 1.55. The Morgan fingerprint density at radius 1 is 1.44 bits per heavy atom. The number of thiophene rings is 1. The van der Waals surface area contributed by atoms with Gasteiger partial charge in [-0.25, -0.2) is 4.39 Å². The normalized spacial score (nSPS) is 12.5. The highest BCUT2D eigenvalue weighted by atomic mass is 79.9. The van der Waals surface area contributed by atoms with Gasteiger partial charge in [-0.15, -0.1) is 22.9 Å². The number of hydrogen-bond donors (Lipinski definition) is 0. The SMILES string of the molecule is COc1cc(F)c(Br)cc1C(Cl)c1sccc1Cl. The van der Waals surface area contributed by atoms with E-state index in [1.807, 2.05) is 5.38 Å². The third-order valence-corrected chi connectivity index (χ3v) is 5.03. The van der Waals surface area contributed by atoms with E-state index in [1.54, 1.807) is 12.1 Å². The van der Waals surface area contributed by atoms with Crippen molar-refractivity contribution in [3.8, 4) is 5.75 Å². The lowest BCUT2D eigenvalue weighted by Crippen LogP contribution is -1.98. The van der Waals surface area contributed by atoms with E-state index in [-0.39, 0.29) is 0 Å². The average molecular weight is 370 g/mol. The van der Waals surface area contributed by atoms with Crippen molar-refractivity contribution in [1.82, 2.24) is 0 Å². The molecule has 2 rings (SSSR count). The molecule has 0 N–H and O–H groups in total. The molecule has 18 heavy (non-hydrogen) atoms. The Hall–Kier alpha value is -0.290. The van der Waals surface area contributed by atoms with Crippen LogP contribution in [-0.2, 0) is 0 Å². The minimum atomic E-state index is -0.468. The van der Waals surface area contributed by atoms with E-state index in [0.29, 0.717) is 20.8 Å². The predicted octanol–water partition coefficient (Wildman–Crippen LogP) is 5.64. The second kappa shape index (κ2) is 5.78. The number of methoxy groups -OCH3 is 1. The number of rotatable bonds is 3. The highest BCUT2D eigenvalue weighted by Gasteiger charge is 2.21. The molecule has 0 spiro atoms. The molecular weight excluding hydrogens is 362 g/mol. The van der Waals surface area contributed by atoms with Crippen LogP contribution in [-0.4, -0.2) is 7.11 Å². The molecule has 0 amide bonds. The maximum absolute atomic E-state index is 13.4. The van der Waals surface area contributed by atoms with Crippen LogP contribution in [0.15, 0.2) is 28.1 Å². The van der Waals surface area contributed by atoms with Crippen LogP contribution in [0.3, 0.4) is 0 Å². The molecule has 0 saturated carbocycles. The summed E-state index contributed by atoms with van der Waals surface area (Å²) >= 11 is 17.0. The van der Waals surface area contributed by atoms with Gasteiger partial charge in [-0.05, 0) is 33.4 Å². The number of ether oxygens (including phenoxy) is 1. The van der Waals surface area contributed by atoms with Crippen LogP contribution in [0, 0.1) is 5.82 Å². The monoisotopic (exact) mass is 368 g/mol. The molecule has 0 aliphatic carbocycles. The van der Waals surface area contributed by atoms with Crippen LogP contribution in [0.5, 0.6) is 5.75 Å². The number of alkyl halides is 1. The minimum Gasteiger partial charge on any atom is -0.496 e. The molecule has 1 aromatic heterocycles. The van der Waals surface area contributed by atoms with Crippen molar-refractivity contribution in [3.63, 3.8) is 0 Å². The summed E-state index contributed by atoms with van der Waals surface area (Å²) in [5, 5.41) is 1.99. The summed E-state index contributed by atoms with van der Waals surface area (Å²) in [6, 6.07) is 4.69. The Morgan fingerprint density at radius 2 is 2.17 bits per heavy atom. The maximum Gasteiger partial charge on any atom is 0.141 e. The van der Waals surface area contributed by atoms with Crippen molar-refractivity contribution >= 4 is 50.5 Å². The van der Waals surface area contributed by atoms with E-state index >= 15 is 0 Å². The second-order valence-electron chi connectivity index (χ2n) is 3.50. The van der Waals surface area contributed by atoms with Crippen molar-refractivity contribution in [2.75, 3.05) is 7.11 Å². The standard InChI is InChI=1S/C12H8BrCl2FOS/c1-17-10-5-9(16)7(13)4-6(10)11(15)12-8(14)2-3-18-12/h2-5,11H,1H3. The fraction of sp³-hybridized carbons (Fsp3) is 0.167. The topological polar surface area (TPSA) is 9.23 Å². The first-order valence-corrected chi connectivity index (χ1v) is 7.43. The lowest BCUT2D eigenvalue weighted by Gasteiger charge is -2.14. The molecule has 2 aromatic rings. The van der Waals surface area contributed by atoms with E-state index in [0.717, 1.165) is 4.88 Å². The van der Waals surface area contributed by atoms with E-state index < -0.39 is 11.2 Å². The molecule has 1 unspecified atom stereocenters.